The summed E-state index contributed by atoms with van der Waals surface area (Å²) in [6.07, 6.45) is -7.23. The molecule has 2 aliphatic rings. The summed E-state index contributed by atoms with van der Waals surface area (Å²) in [4.78, 5) is 11.1. The van der Waals surface area contributed by atoms with Crippen LogP contribution < -0.4 is 10.1 Å². The summed E-state index contributed by atoms with van der Waals surface area (Å²) in [5.74, 6) is -2.89. The van der Waals surface area contributed by atoms with Gasteiger partial charge < -0.3 is 15.2 Å². The molecule has 4 nitrogen and oxygen atoms in total. The van der Waals surface area contributed by atoms with Crippen molar-refractivity contribution in [3.05, 3.63) is 41.5 Å². The van der Waals surface area contributed by atoms with E-state index in [2.05, 4.69) is 5.32 Å². The van der Waals surface area contributed by atoms with Gasteiger partial charge in [0.1, 0.15) is 11.3 Å². The van der Waals surface area contributed by atoms with Gasteiger partial charge in [-0.05, 0) is 79.8 Å². The van der Waals surface area contributed by atoms with E-state index in [1.807, 2.05) is 0 Å². The second kappa shape index (κ2) is 10.5. The molecule has 2 aromatic carbocycles. The summed E-state index contributed by atoms with van der Waals surface area (Å²) in [7, 11) is 0. The Bertz CT molecular complexity index is 1070. The molecular formula is C26H29F6NO3. The van der Waals surface area contributed by atoms with E-state index in [0.717, 1.165) is 18.4 Å². The lowest BCUT2D eigenvalue weighted by Gasteiger charge is -2.31. The number of hydrogen-bond donors (Lipinski definition) is 2. The molecule has 4 rings (SSSR count). The second-order valence-electron chi connectivity index (χ2n) is 9.89. The topological polar surface area (TPSA) is 58.6 Å². The van der Waals surface area contributed by atoms with Gasteiger partial charge in [0.15, 0.2) is 0 Å². The number of hydrogen-bond acceptors (Lipinski definition) is 3. The number of carboxylic acid groups (broad SMARTS) is 1. The third kappa shape index (κ3) is 6.25. The van der Waals surface area contributed by atoms with Gasteiger partial charge in [0.2, 0.25) is 0 Å². The monoisotopic (exact) mass is 517 g/mol. The number of aliphatic carboxylic acids is 1. The van der Waals surface area contributed by atoms with Gasteiger partial charge in [0, 0.05) is 12.6 Å². The molecule has 0 bridgehead atoms. The van der Waals surface area contributed by atoms with E-state index in [1.54, 1.807) is 18.2 Å². The van der Waals surface area contributed by atoms with Crippen LogP contribution in [-0.2, 0) is 17.5 Å². The van der Waals surface area contributed by atoms with E-state index in [4.69, 9.17) is 9.84 Å². The van der Waals surface area contributed by atoms with Crippen LogP contribution in [0.25, 0.3) is 10.8 Å². The molecule has 2 aliphatic carbocycles. The SMILES string of the molecule is O=C(O)C1CCC(NCc2ccc3c(C(F)(F)F)c(OC4CCC(C(F)(F)F)CC4)ccc3c2)CC1. The molecule has 0 radical (unpaired) electrons. The first-order chi connectivity index (χ1) is 16.9. The van der Waals surface area contributed by atoms with Gasteiger partial charge in [-0.3, -0.25) is 4.79 Å². The van der Waals surface area contributed by atoms with Gasteiger partial charge in [0.05, 0.1) is 17.9 Å². The summed E-state index contributed by atoms with van der Waals surface area (Å²) in [5, 5.41) is 12.9. The highest BCUT2D eigenvalue weighted by molar-refractivity contribution is 5.89. The summed E-state index contributed by atoms with van der Waals surface area (Å²) >= 11 is 0. The molecule has 0 saturated heterocycles. The maximum absolute atomic E-state index is 14.0. The smallest absolute Gasteiger partial charge is 0.420 e. The van der Waals surface area contributed by atoms with Gasteiger partial charge >= 0.3 is 18.3 Å². The molecule has 0 aromatic heterocycles. The van der Waals surface area contributed by atoms with E-state index in [9.17, 15) is 31.1 Å². The molecule has 10 heteroatoms. The number of benzene rings is 2. The third-order valence-corrected chi connectivity index (χ3v) is 7.43. The highest BCUT2D eigenvalue weighted by Crippen LogP contribution is 2.44. The van der Waals surface area contributed by atoms with Crippen molar-refractivity contribution in [1.29, 1.82) is 0 Å². The Morgan fingerprint density at radius 2 is 1.58 bits per heavy atom. The van der Waals surface area contributed by atoms with Crippen LogP contribution in [0.3, 0.4) is 0 Å². The van der Waals surface area contributed by atoms with E-state index < -0.39 is 35.9 Å². The Morgan fingerprint density at radius 3 is 2.17 bits per heavy atom. The number of nitrogens with one attached hydrogen (secondary N) is 1. The molecule has 0 aliphatic heterocycles. The summed E-state index contributed by atoms with van der Waals surface area (Å²) in [6.45, 7) is 0.445. The molecule has 0 amide bonds. The maximum Gasteiger partial charge on any atom is 0.420 e. The highest BCUT2D eigenvalue weighted by atomic mass is 19.4. The van der Waals surface area contributed by atoms with Crippen molar-refractivity contribution < 1.29 is 41.0 Å². The van der Waals surface area contributed by atoms with E-state index in [-0.39, 0.29) is 48.8 Å². The van der Waals surface area contributed by atoms with Crippen molar-refractivity contribution in [3.8, 4) is 5.75 Å². The Hall–Kier alpha value is -2.49. The van der Waals surface area contributed by atoms with E-state index in [0.29, 0.717) is 24.8 Å². The van der Waals surface area contributed by atoms with Crippen LogP contribution in [-0.4, -0.2) is 29.4 Å². The fourth-order valence-electron chi connectivity index (χ4n) is 5.35. The van der Waals surface area contributed by atoms with Gasteiger partial charge in [-0.25, -0.2) is 0 Å². The number of alkyl halides is 6. The van der Waals surface area contributed by atoms with Crippen LogP contribution in [0.4, 0.5) is 26.3 Å². The van der Waals surface area contributed by atoms with Gasteiger partial charge in [-0.2, -0.15) is 26.3 Å². The Labute approximate surface area is 205 Å². The first kappa shape index (κ1) is 26.6. The fourth-order valence-corrected chi connectivity index (χ4v) is 5.35. The van der Waals surface area contributed by atoms with Gasteiger partial charge in [-0.1, -0.05) is 18.2 Å². The van der Waals surface area contributed by atoms with Crippen LogP contribution >= 0.6 is 0 Å². The predicted molar refractivity (Wildman–Crippen MR) is 122 cm³/mol. The van der Waals surface area contributed by atoms with Crippen LogP contribution in [0.1, 0.15) is 62.5 Å². The minimum Gasteiger partial charge on any atom is -0.490 e. The molecule has 0 atom stereocenters. The minimum atomic E-state index is -4.69. The van der Waals surface area contributed by atoms with E-state index in [1.165, 1.54) is 12.1 Å². The fraction of sp³-hybridized carbons (Fsp3) is 0.577. The number of carbonyl (C=O) groups is 1. The molecule has 36 heavy (non-hydrogen) atoms. The zero-order chi connectivity index (χ0) is 26.1. The number of halogens is 6. The summed E-state index contributed by atoms with van der Waals surface area (Å²) in [6, 6.07) is 7.66. The normalized spacial score (nSPS) is 25.6. The Balaban J connectivity index is 1.46. The molecule has 2 aromatic rings. The first-order valence-electron chi connectivity index (χ1n) is 12.2. The van der Waals surface area contributed by atoms with Gasteiger partial charge in [-0.15, -0.1) is 0 Å². The molecule has 2 saturated carbocycles. The predicted octanol–water partition coefficient (Wildman–Crippen LogP) is 7.09. The maximum atomic E-state index is 14.0. The van der Waals surface area contributed by atoms with Crippen molar-refractivity contribution in [2.75, 3.05) is 0 Å². The lowest BCUT2D eigenvalue weighted by molar-refractivity contribution is -0.185. The molecule has 198 valence electrons. The van der Waals surface area contributed by atoms with Crippen molar-refractivity contribution in [2.24, 2.45) is 11.8 Å². The number of ether oxygens (including phenoxy) is 1. The van der Waals surface area contributed by atoms with Crippen LogP contribution in [0, 0.1) is 11.8 Å². The lowest BCUT2D eigenvalue weighted by Crippen LogP contribution is -2.34. The Kier molecular flexibility index (Phi) is 7.73. The average molecular weight is 518 g/mol. The zero-order valence-corrected chi connectivity index (χ0v) is 19.6. The zero-order valence-electron chi connectivity index (χ0n) is 19.6. The minimum absolute atomic E-state index is 0.0188. The first-order valence-corrected chi connectivity index (χ1v) is 12.2. The highest BCUT2D eigenvalue weighted by Gasteiger charge is 2.42. The number of fused-ring (bicyclic) bond motifs is 1. The summed E-state index contributed by atoms with van der Waals surface area (Å²) < 4.78 is 86.5. The van der Waals surface area contributed by atoms with Crippen LogP contribution in [0.2, 0.25) is 0 Å². The number of rotatable bonds is 6. The second-order valence-corrected chi connectivity index (χ2v) is 9.89. The van der Waals surface area contributed by atoms with Crippen molar-refractivity contribution in [1.82, 2.24) is 5.32 Å². The van der Waals surface area contributed by atoms with Gasteiger partial charge in [0.25, 0.3) is 0 Å². The summed E-state index contributed by atoms with van der Waals surface area (Å²) in [5.41, 5.74) is -0.112. The molecule has 0 unspecified atom stereocenters. The largest absolute Gasteiger partial charge is 0.490 e. The Morgan fingerprint density at radius 1 is 0.917 bits per heavy atom. The van der Waals surface area contributed by atoms with Crippen molar-refractivity contribution in [2.45, 2.75) is 82.4 Å². The van der Waals surface area contributed by atoms with Crippen LogP contribution in [0.5, 0.6) is 5.75 Å². The third-order valence-electron chi connectivity index (χ3n) is 7.43. The quantitative estimate of drug-likeness (QED) is 0.402. The molecule has 0 spiro atoms. The molecule has 2 N–H and O–H groups in total. The van der Waals surface area contributed by atoms with E-state index >= 15 is 0 Å². The standard InChI is InChI=1S/C26H29F6NO3/c27-25(28,29)18-5-9-20(10-6-18)36-22-12-4-17-13-15(1-11-21(17)23(22)26(30,31)32)14-33-19-7-2-16(3-8-19)24(34)35/h1,4,11-13,16,18-20,33H,2-3,5-10,14H2,(H,34,35). The number of carboxylic acids is 1. The van der Waals surface area contributed by atoms with Crippen LogP contribution in [0.15, 0.2) is 30.3 Å². The van der Waals surface area contributed by atoms with Crippen molar-refractivity contribution in [3.63, 3.8) is 0 Å². The van der Waals surface area contributed by atoms with Crippen molar-refractivity contribution >= 4 is 16.7 Å². The molecule has 0 heterocycles. The lowest BCUT2D eigenvalue weighted by atomic mass is 9.86. The molecule has 2 fully saturated rings. The average Bonchev–Trinajstić information content (AvgIpc) is 2.81. The molecular weight excluding hydrogens is 488 g/mol.